The second-order valence-electron chi connectivity index (χ2n) is 4.54. The van der Waals surface area contributed by atoms with Gasteiger partial charge in [0, 0.05) is 18.7 Å². The van der Waals surface area contributed by atoms with Crippen LogP contribution in [-0.4, -0.2) is 64.9 Å². The molecule has 0 saturated carbocycles. The van der Waals surface area contributed by atoms with Gasteiger partial charge in [-0.2, -0.15) is 12.6 Å². The standard InChI is InChI=1S/C13H21N3O6S/c1-2-5-14-8(13(21)22)3-4-10(17)16-9(7-23)12(20)15-6-11(18)19/h2,8-9,14,23H,1,3-7H2,(H,15,20)(H,16,17)(H,18,19)(H,21,22)/t8-,9-/m0/s1. The van der Waals surface area contributed by atoms with Gasteiger partial charge in [-0.1, -0.05) is 6.08 Å². The molecule has 0 aromatic heterocycles. The van der Waals surface area contributed by atoms with Crippen molar-refractivity contribution in [3.05, 3.63) is 12.7 Å². The number of thiol groups is 1. The van der Waals surface area contributed by atoms with Gasteiger partial charge in [-0.05, 0) is 6.42 Å². The molecule has 0 unspecified atom stereocenters. The van der Waals surface area contributed by atoms with Gasteiger partial charge in [0.2, 0.25) is 11.8 Å². The maximum absolute atomic E-state index is 11.8. The van der Waals surface area contributed by atoms with Crippen LogP contribution in [0.15, 0.2) is 12.7 Å². The number of carbonyl (C=O) groups is 4. The van der Waals surface area contributed by atoms with Crippen molar-refractivity contribution in [1.29, 1.82) is 0 Å². The first-order chi connectivity index (χ1) is 10.8. The Bertz CT molecular complexity index is 457. The van der Waals surface area contributed by atoms with E-state index in [0.717, 1.165) is 0 Å². The van der Waals surface area contributed by atoms with Gasteiger partial charge in [-0.25, -0.2) is 0 Å². The minimum absolute atomic E-state index is 0.0196. The van der Waals surface area contributed by atoms with Crippen LogP contribution in [0.3, 0.4) is 0 Å². The molecule has 2 atom stereocenters. The predicted octanol–water partition coefficient (Wildman–Crippen LogP) is -1.39. The molecular formula is C13H21N3O6S. The maximum Gasteiger partial charge on any atom is 0.322 e. The van der Waals surface area contributed by atoms with E-state index in [4.69, 9.17) is 10.2 Å². The Hall–Kier alpha value is -2.07. The lowest BCUT2D eigenvalue weighted by atomic mass is 10.1. The Kier molecular flexibility index (Phi) is 10.5. The van der Waals surface area contributed by atoms with Gasteiger partial charge < -0.3 is 26.2 Å². The summed E-state index contributed by atoms with van der Waals surface area (Å²) in [5, 5.41) is 24.7. The normalized spacial score (nSPS) is 12.7. The SMILES string of the molecule is C=CCN[C@@H](CCC(=O)N[C@@H](CS)C(=O)NCC(=O)O)C(=O)O. The summed E-state index contributed by atoms with van der Waals surface area (Å²) in [6.07, 6.45) is 1.42. The second kappa shape index (κ2) is 11.5. The number of hydrogen-bond donors (Lipinski definition) is 6. The number of carboxylic acids is 2. The van der Waals surface area contributed by atoms with Gasteiger partial charge in [0.05, 0.1) is 0 Å². The van der Waals surface area contributed by atoms with Crippen molar-refractivity contribution in [3.63, 3.8) is 0 Å². The molecule has 0 bridgehead atoms. The lowest BCUT2D eigenvalue weighted by Gasteiger charge is -2.17. The highest BCUT2D eigenvalue weighted by Gasteiger charge is 2.22. The molecule has 0 heterocycles. The summed E-state index contributed by atoms with van der Waals surface area (Å²) in [7, 11) is 0. The average molecular weight is 347 g/mol. The number of aliphatic carboxylic acids is 2. The third-order valence-electron chi connectivity index (χ3n) is 2.71. The monoisotopic (exact) mass is 347 g/mol. The highest BCUT2D eigenvalue weighted by Crippen LogP contribution is 1.99. The zero-order chi connectivity index (χ0) is 17.8. The lowest BCUT2D eigenvalue weighted by molar-refractivity contribution is -0.140. The van der Waals surface area contributed by atoms with Gasteiger partial charge in [0.1, 0.15) is 18.6 Å². The van der Waals surface area contributed by atoms with Gasteiger partial charge in [-0.15, -0.1) is 6.58 Å². The van der Waals surface area contributed by atoms with E-state index in [-0.39, 0.29) is 25.1 Å². The molecule has 0 aliphatic carbocycles. The number of carbonyl (C=O) groups excluding carboxylic acids is 2. The zero-order valence-electron chi connectivity index (χ0n) is 12.4. The van der Waals surface area contributed by atoms with Gasteiger partial charge in [0.15, 0.2) is 0 Å². The topological polar surface area (TPSA) is 145 Å². The molecule has 0 aliphatic rings. The Morgan fingerprint density at radius 2 is 1.83 bits per heavy atom. The summed E-state index contributed by atoms with van der Waals surface area (Å²) in [6.45, 7) is 3.18. The smallest absolute Gasteiger partial charge is 0.322 e. The van der Waals surface area contributed by atoms with Crippen LogP contribution in [0.5, 0.6) is 0 Å². The van der Waals surface area contributed by atoms with E-state index >= 15 is 0 Å². The van der Waals surface area contributed by atoms with Crippen molar-refractivity contribution in [2.24, 2.45) is 0 Å². The van der Waals surface area contributed by atoms with Crippen molar-refractivity contribution in [1.82, 2.24) is 16.0 Å². The molecular weight excluding hydrogens is 326 g/mol. The minimum atomic E-state index is -1.21. The second-order valence-corrected chi connectivity index (χ2v) is 4.91. The van der Waals surface area contributed by atoms with Crippen LogP contribution in [0.2, 0.25) is 0 Å². The molecule has 0 fully saturated rings. The molecule has 10 heteroatoms. The number of rotatable bonds is 12. The molecule has 0 spiro atoms. The first-order valence-corrected chi connectivity index (χ1v) is 7.41. The zero-order valence-corrected chi connectivity index (χ0v) is 13.3. The summed E-state index contributed by atoms with van der Waals surface area (Å²) < 4.78 is 0. The maximum atomic E-state index is 11.8. The molecule has 0 aliphatic heterocycles. The number of nitrogens with one attached hydrogen (secondary N) is 3. The molecule has 2 amide bonds. The Morgan fingerprint density at radius 1 is 1.17 bits per heavy atom. The highest BCUT2D eigenvalue weighted by molar-refractivity contribution is 7.80. The van der Waals surface area contributed by atoms with Gasteiger partial charge in [-0.3, -0.25) is 19.2 Å². The van der Waals surface area contributed by atoms with Crippen molar-refractivity contribution in [3.8, 4) is 0 Å². The van der Waals surface area contributed by atoms with E-state index in [0.29, 0.717) is 0 Å². The summed E-state index contributed by atoms with van der Waals surface area (Å²) in [6, 6.07) is -1.90. The number of amides is 2. The Balaban J connectivity index is 4.37. The van der Waals surface area contributed by atoms with Gasteiger partial charge in [0.25, 0.3) is 0 Å². The quantitative estimate of drug-likeness (QED) is 0.188. The summed E-state index contributed by atoms with van der Waals surface area (Å²) in [5.41, 5.74) is 0. The molecule has 5 N–H and O–H groups in total. The number of carboxylic acid groups (broad SMARTS) is 2. The fourth-order valence-corrected chi connectivity index (χ4v) is 1.82. The largest absolute Gasteiger partial charge is 0.480 e. The summed E-state index contributed by atoms with van der Waals surface area (Å²) >= 11 is 3.92. The lowest BCUT2D eigenvalue weighted by Crippen LogP contribution is -2.49. The Morgan fingerprint density at radius 3 is 2.30 bits per heavy atom. The fraction of sp³-hybridized carbons (Fsp3) is 0.538. The van der Waals surface area contributed by atoms with Crippen molar-refractivity contribution >= 4 is 36.4 Å². The molecule has 0 aromatic rings. The molecule has 0 saturated heterocycles. The van der Waals surface area contributed by atoms with E-state index < -0.39 is 42.4 Å². The van der Waals surface area contributed by atoms with Crippen LogP contribution >= 0.6 is 12.6 Å². The van der Waals surface area contributed by atoms with Crippen LogP contribution in [0.1, 0.15) is 12.8 Å². The van der Waals surface area contributed by atoms with Crippen LogP contribution in [0.25, 0.3) is 0 Å². The van der Waals surface area contributed by atoms with E-state index in [1.54, 1.807) is 0 Å². The van der Waals surface area contributed by atoms with E-state index in [1.165, 1.54) is 6.08 Å². The molecule has 0 rings (SSSR count). The molecule has 23 heavy (non-hydrogen) atoms. The average Bonchev–Trinajstić information content (AvgIpc) is 2.49. The third kappa shape index (κ3) is 9.53. The van der Waals surface area contributed by atoms with E-state index in [9.17, 15) is 19.2 Å². The third-order valence-corrected chi connectivity index (χ3v) is 3.08. The molecule has 0 aromatic carbocycles. The number of hydrogen-bond acceptors (Lipinski definition) is 6. The van der Waals surface area contributed by atoms with Gasteiger partial charge >= 0.3 is 11.9 Å². The molecule has 0 radical (unpaired) electrons. The van der Waals surface area contributed by atoms with Crippen molar-refractivity contribution in [2.45, 2.75) is 24.9 Å². The Labute approximate surface area is 138 Å². The fourth-order valence-electron chi connectivity index (χ4n) is 1.56. The van der Waals surface area contributed by atoms with Crippen LogP contribution in [-0.2, 0) is 19.2 Å². The summed E-state index contributed by atoms with van der Waals surface area (Å²) in [4.78, 5) is 44.8. The first kappa shape index (κ1) is 20.9. The minimum Gasteiger partial charge on any atom is -0.480 e. The summed E-state index contributed by atoms with van der Waals surface area (Å²) in [5.74, 6) is -3.52. The molecule has 9 nitrogen and oxygen atoms in total. The first-order valence-electron chi connectivity index (χ1n) is 6.78. The molecule has 130 valence electrons. The highest BCUT2D eigenvalue weighted by atomic mass is 32.1. The van der Waals surface area contributed by atoms with Crippen LogP contribution in [0.4, 0.5) is 0 Å². The van der Waals surface area contributed by atoms with Crippen LogP contribution in [0, 0.1) is 0 Å². The van der Waals surface area contributed by atoms with Crippen LogP contribution < -0.4 is 16.0 Å². The van der Waals surface area contributed by atoms with Crippen molar-refractivity contribution < 1.29 is 29.4 Å². The predicted molar refractivity (Wildman–Crippen MR) is 85.3 cm³/mol. The van der Waals surface area contributed by atoms with Crippen molar-refractivity contribution in [2.75, 3.05) is 18.8 Å². The van der Waals surface area contributed by atoms with E-state index in [1.807, 2.05) is 0 Å². The van der Waals surface area contributed by atoms with E-state index in [2.05, 4.69) is 35.2 Å².